The fourth-order valence-electron chi connectivity index (χ4n) is 2.30. The molecule has 6 heteroatoms. The molecule has 1 atom stereocenters. The second-order valence-corrected chi connectivity index (χ2v) is 4.94. The summed E-state index contributed by atoms with van der Waals surface area (Å²) in [4.78, 5) is 12.1. The number of rotatable bonds is 4. The third-order valence-electron chi connectivity index (χ3n) is 3.45. The molecule has 0 bridgehead atoms. The summed E-state index contributed by atoms with van der Waals surface area (Å²) >= 11 is 0. The number of nitrogens with one attached hydrogen (secondary N) is 1. The van der Waals surface area contributed by atoms with E-state index in [1.807, 2.05) is 6.92 Å². The van der Waals surface area contributed by atoms with Crippen molar-refractivity contribution in [2.75, 3.05) is 18.5 Å². The Balaban J connectivity index is 1.95. The minimum Gasteiger partial charge on any atom is -0.486 e. The predicted molar refractivity (Wildman–Crippen MR) is 79.3 cm³/mol. The van der Waals surface area contributed by atoms with Crippen molar-refractivity contribution in [3.63, 3.8) is 0 Å². The Kier molecular flexibility index (Phi) is 4.02. The number of aliphatic hydroxyl groups excluding tert-OH is 1. The first kappa shape index (κ1) is 14.5. The van der Waals surface area contributed by atoms with Crippen molar-refractivity contribution < 1.29 is 23.8 Å². The normalized spacial score (nSPS) is 14.5. The van der Waals surface area contributed by atoms with Crippen LogP contribution in [-0.2, 0) is 0 Å². The van der Waals surface area contributed by atoms with E-state index in [0.717, 1.165) is 0 Å². The predicted octanol–water partition coefficient (Wildman–Crippen LogP) is 2.75. The van der Waals surface area contributed by atoms with Crippen LogP contribution >= 0.6 is 0 Å². The van der Waals surface area contributed by atoms with Gasteiger partial charge < -0.3 is 24.3 Å². The highest BCUT2D eigenvalue weighted by Crippen LogP contribution is 2.38. The van der Waals surface area contributed by atoms with Crippen LogP contribution in [0.5, 0.6) is 11.5 Å². The summed E-state index contributed by atoms with van der Waals surface area (Å²) in [6.07, 6.45) is 1.24. The number of carbonyl (C=O) groups is 1. The molecule has 0 saturated carbocycles. The van der Waals surface area contributed by atoms with E-state index in [1.165, 1.54) is 6.26 Å². The van der Waals surface area contributed by atoms with Crippen LogP contribution in [0.3, 0.4) is 0 Å². The summed E-state index contributed by atoms with van der Waals surface area (Å²) in [6, 6.07) is 6.59. The van der Waals surface area contributed by atoms with Crippen molar-refractivity contribution in [3.8, 4) is 11.5 Å². The van der Waals surface area contributed by atoms with Crippen molar-refractivity contribution in [1.82, 2.24) is 0 Å². The molecule has 0 aliphatic carbocycles. The Bertz CT molecular complexity index is 665. The fourth-order valence-corrected chi connectivity index (χ4v) is 2.30. The lowest BCUT2D eigenvalue weighted by molar-refractivity contribution is 0.0996. The van der Waals surface area contributed by atoms with Crippen molar-refractivity contribution in [3.05, 3.63) is 41.9 Å². The number of amides is 1. The fraction of sp³-hybridized carbons (Fsp3) is 0.312. The Labute approximate surface area is 127 Å². The van der Waals surface area contributed by atoms with Gasteiger partial charge in [-0.25, -0.2) is 0 Å². The zero-order valence-electron chi connectivity index (χ0n) is 12.2. The van der Waals surface area contributed by atoms with Crippen molar-refractivity contribution in [2.24, 2.45) is 0 Å². The number of hydrogen-bond donors (Lipinski definition) is 2. The minimum absolute atomic E-state index is 0.201. The smallest absolute Gasteiger partial charge is 0.291 e. The van der Waals surface area contributed by atoms with E-state index in [-0.39, 0.29) is 11.7 Å². The maximum atomic E-state index is 12.1. The highest BCUT2D eigenvalue weighted by atomic mass is 16.6. The van der Waals surface area contributed by atoms with Crippen LogP contribution in [0.2, 0.25) is 0 Å². The molecule has 1 aliphatic rings. The molecule has 3 rings (SSSR count). The number of ether oxygens (including phenoxy) is 2. The van der Waals surface area contributed by atoms with Crippen LogP contribution in [-0.4, -0.2) is 24.2 Å². The second kappa shape index (κ2) is 6.11. The lowest BCUT2D eigenvalue weighted by Gasteiger charge is -2.22. The molecule has 2 heterocycles. The lowest BCUT2D eigenvalue weighted by atomic mass is 10.0. The highest BCUT2D eigenvalue weighted by molar-refractivity contribution is 6.02. The van der Waals surface area contributed by atoms with Crippen LogP contribution in [0.15, 0.2) is 34.9 Å². The third-order valence-corrected chi connectivity index (χ3v) is 3.45. The average molecular weight is 303 g/mol. The number of benzene rings is 1. The molecule has 0 saturated heterocycles. The molecule has 2 N–H and O–H groups in total. The van der Waals surface area contributed by atoms with Crippen LogP contribution in [0, 0.1) is 0 Å². The Hall–Kier alpha value is -2.47. The highest BCUT2D eigenvalue weighted by Gasteiger charge is 2.21. The van der Waals surface area contributed by atoms with Crippen LogP contribution in [0.1, 0.15) is 35.6 Å². The summed E-state index contributed by atoms with van der Waals surface area (Å²) in [5, 5.41) is 12.9. The van der Waals surface area contributed by atoms with Gasteiger partial charge in [-0.2, -0.15) is 0 Å². The topological polar surface area (TPSA) is 80.9 Å². The number of hydrogen-bond acceptors (Lipinski definition) is 5. The summed E-state index contributed by atoms with van der Waals surface area (Å²) in [7, 11) is 0. The number of fused-ring (bicyclic) bond motifs is 1. The Morgan fingerprint density at radius 3 is 2.68 bits per heavy atom. The van der Waals surface area contributed by atoms with E-state index in [9.17, 15) is 9.90 Å². The largest absolute Gasteiger partial charge is 0.486 e. The molecule has 6 nitrogen and oxygen atoms in total. The van der Waals surface area contributed by atoms with E-state index in [2.05, 4.69) is 5.32 Å². The molecule has 1 aromatic heterocycles. The zero-order valence-corrected chi connectivity index (χ0v) is 12.2. The van der Waals surface area contributed by atoms with Crippen molar-refractivity contribution in [2.45, 2.75) is 19.4 Å². The van der Waals surface area contributed by atoms with E-state index in [4.69, 9.17) is 13.9 Å². The average Bonchev–Trinajstić information content (AvgIpc) is 3.08. The van der Waals surface area contributed by atoms with Gasteiger partial charge in [-0.3, -0.25) is 4.79 Å². The molecule has 22 heavy (non-hydrogen) atoms. The quantitative estimate of drug-likeness (QED) is 0.907. The first-order valence-corrected chi connectivity index (χ1v) is 7.15. The third kappa shape index (κ3) is 2.78. The monoisotopic (exact) mass is 303 g/mol. The van der Waals surface area contributed by atoms with Gasteiger partial charge in [0.15, 0.2) is 17.3 Å². The lowest BCUT2D eigenvalue weighted by Crippen LogP contribution is -2.18. The summed E-state index contributed by atoms with van der Waals surface area (Å²) in [6.45, 7) is 2.78. The standard InChI is InChI=1S/C16H17NO5/c1-2-12(18)10-8-14-15(22-7-6-21-14)9-11(10)17-16(19)13-4-3-5-20-13/h3-5,8-9,12,18H,2,6-7H2,1H3,(H,17,19)/t12-/m1/s1. The van der Waals surface area contributed by atoms with Crippen LogP contribution in [0.4, 0.5) is 5.69 Å². The molecular formula is C16H17NO5. The molecule has 0 radical (unpaired) electrons. The minimum atomic E-state index is -0.706. The summed E-state index contributed by atoms with van der Waals surface area (Å²) in [5.41, 5.74) is 1.08. The van der Waals surface area contributed by atoms with E-state index in [0.29, 0.717) is 42.4 Å². The molecule has 0 unspecified atom stereocenters. The molecule has 2 aromatic rings. The van der Waals surface area contributed by atoms with Crippen molar-refractivity contribution >= 4 is 11.6 Å². The number of anilines is 1. The van der Waals surface area contributed by atoms with E-state index < -0.39 is 6.10 Å². The maximum Gasteiger partial charge on any atom is 0.291 e. The van der Waals surface area contributed by atoms with Crippen LogP contribution in [0.25, 0.3) is 0 Å². The first-order valence-electron chi connectivity index (χ1n) is 7.15. The van der Waals surface area contributed by atoms with Gasteiger partial charge in [0.25, 0.3) is 5.91 Å². The molecule has 0 spiro atoms. The summed E-state index contributed by atoms with van der Waals surface area (Å²) < 4.78 is 16.1. The Morgan fingerprint density at radius 1 is 1.32 bits per heavy atom. The first-order chi connectivity index (χ1) is 10.7. The van der Waals surface area contributed by atoms with Crippen molar-refractivity contribution in [1.29, 1.82) is 0 Å². The molecule has 1 aromatic carbocycles. The van der Waals surface area contributed by atoms with Gasteiger partial charge in [0.1, 0.15) is 13.2 Å². The second-order valence-electron chi connectivity index (χ2n) is 4.94. The summed E-state index contributed by atoms with van der Waals surface area (Å²) in [5.74, 6) is 0.941. The molecule has 1 aliphatic heterocycles. The van der Waals surface area contributed by atoms with E-state index in [1.54, 1.807) is 24.3 Å². The van der Waals surface area contributed by atoms with Gasteiger partial charge in [-0.15, -0.1) is 0 Å². The van der Waals surface area contributed by atoms with Gasteiger partial charge >= 0.3 is 0 Å². The van der Waals surface area contributed by atoms with Gasteiger partial charge in [0.05, 0.1) is 18.1 Å². The van der Waals surface area contributed by atoms with Gasteiger partial charge in [-0.1, -0.05) is 6.92 Å². The van der Waals surface area contributed by atoms with E-state index >= 15 is 0 Å². The van der Waals surface area contributed by atoms with Gasteiger partial charge in [-0.05, 0) is 24.6 Å². The van der Waals surface area contributed by atoms with Gasteiger partial charge in [0.2, 0.25) is 0 Å². The number of furan rings is 1. The molecule has 116 valence electrons. The van der Waals surface area contributed by atoms with Gasteiger partial charge in [0, 0.05) is 11.6 Å². The molecule has 0 fully saturated rings. The maximum absolute atomic E-state index is 12.1. The SMILES string of the molecule is CC[C@@H](O)c1cc2c(cc1NC(=O)c1ccco1)OCCO2. The zero-order chi connectivity index (χ0) is 15.5. The molecular weight excluding hydrogens is 286 g/mol. The number of aliphatic hydroxyl groups is 1. The number of carbonyl (C=O) groups excluding carboxylic acids is 1. The van der Waals surface area contributed by atoms with Crippen LogP contribution < -0.4 is 14.8 Å². The Morgan fingerprint density at radius 2 is 2.05 bits per heavy atom. The molecule has 1 amide bonds.